The summed E-state index contributed by atoms with van der Waals surface area (Å²) in [4.78, 5) is 30.6. The summed E-state index contributed by atoms with van der Waals surface area (Å²) in [6.45, 7) is 0. The lowest BCUT2D eigenvalue weighted by atomic mass is 9.92. The molecule has 1 aliphatic heterocycles. The molecule has 40 heavy (non-hydrogen) atoms. The Morgan fingerprint density at radius 3 is 2.33 bits per heavy atom. The number of aromatic nitrogens is 1. The number of hydrogen-bond acceptors (Lipinski definition) is 3. The van der Waals surface area contributed by atoms with Crippen LogP contribution in [0, 0.1) is 0 Å². The highest BCUT2D eigenvalue weighted by Gasteiger charge is 2.34. The first-order chi connectivity index (χ1) is 19.5. The van der Waals surface area contributed by atoms with E-state index in [0.717, 1.165) is 32.1 Å². The summed E-state index contributed by atoms with van der Waals surface area (Å²) in [7, 11) is 0. The summed E-state index contributed by atoms with van der Waals surface area (Å²) in [6, 6.07) is 32.5. The predicted molar refractivity (Wildman–Crippen MR) is 168 cm³/mol. The summed E-state index contributed by atoms with van der Waals surface area (Å²) in [5.74, 6) is -0.244. The van der Waals surface area contributed by atoms with Crippen LogP contribution in [-0.2, 0) is 0 Å². The Labute approximate surface area is 248 Å². The third-order valence-electron chi connectivity index (χ3n) is 6.90. The average molecular weight is 653 g/mol. The SMILES string of the molecule is O=C(c1ccccc1Br)N1N=C(c2c(-c3ccccc3)c3cc(Br)ccc3[nH]c2=O)C[C@H]1/C=C/c1ccccc1. The fraction of sp³-hybridized carbons (Fsp3) is 0.0606. The lowest BCUT2D eigenvalue weighted by Crippen LogP contribution is -2.31. The third-order valence-corrected chi connectivity index (χ3v) is 8.08. The molecular formula is C33H23Br2N3O2. The van der Waals surface area contributed by atoms with Gasteiger partial charge in [-0.25, -0.2) is 5.01 Å². The summed E-state index contributed by atoms with van der Waals surface area (Å²) in [5, 5.41) is 7.23. The number of amides is 1. The van der Waals surface area contributed by atoms with E-state index in [-0.39, 0.29) is 17.5 Å². The predicted octanol–water partition coefficient (Wildman–Crippen LogP) is 8.05. The van der Waals surface area contributed by atoms with Gasteiger partial charge in [0.25, 0.3) is 11.5 Å². The van der Waals surface area contributed by atoms with E-state index in [2.05, 4.69) is 36.8 Å². The minimum absolute atomic E-state index is 0.242. The fourth-order valence-corrected chi connectivity index (χ4v) is 5.83. The number of rotatable bonds is 5. The van der Waals surface area contributed by atoms with Crippen LogP contribution in [0.3, 0.4) is 0 Å². The van der Waals surface area contributed by atoms with E-state index in [0.29, 0.717) is 27.7 Å². The van der Waals surface area contributed by atoms with Gasteiger partial charge in [0.15, 0.2) is 0 Å². The lowest BCUT2D eigenvalue weighted by Gasteiger charge is -2.19. The van der Waals surface area contributed by atoms with Crippen LogP contribution in [0.25, 0.3) is 28.1 Å². The lowest BCUT2D eigenvalue weighted by molar-refractivity contribution is 0.0741. The van der Waals surface area contributed by atoms with Crippen LogP contribution < -0.4 is 5.56 Å². The van der Waals surface area contributed by atoms with Crippen LogP contribution in [0.4, 0.5) is 0 Å². The van der Waals surface area contributed by atoms with Crippen molar-refractivity contribution in [3.63, 3.8) is 0 Å². The van der Waals surface area contributed by atoms with Crippen molar-refractivity contribution in [2.75, 3.05) is 0 Å². The van der Waals surface area contributed by atoms with Crippen molar-refractivity contribution in [1.29, 1.82) is 0 Å². The Bertz CT molecular complexity index is 1850. The first kappa shape index (κ1) is 26.2. The van der Waals surface area contributed by atoms with Gasteiger partial charge in [0.2, 0.25) is 0 Å². The van der Waals surface area contributed by atoms with E-state index >= 15 is 0 Å². The number of hydrazone groups is 1. The number of carbonyl (C=O) groups is 1. The van der Waals surface area contributed by atoms with E-state index in [1.54, 1.807) is 6.07 Å². The van der Waals surface area contributed by atoms with E-state index in [9.17, 15) is 9.59 Å². The zero-order chi connectivity index (χ0) is 27.6. The van der Waals surface area contributed by atoms with Crippen molar-refractivity contribution in [3.05, 3.63) is 145 Å². The molecule has 0 saturated heterocycles. The van der Waals surface area contributed by atoms with Gasteiger partial charge in [0, 0.05) is 31.8 Å². The maximum atomic E-state index is 13.8. The minimum Gasteiger partial charge on any atom is -0.321 e. The number of nitrogens with zero attached hydrogens (tertiary/aromatic N) is 2. The third kappa shape index (κ3) is 5.10. The van der Waals surface area contributed by atoms with Crippen molar-refractivity contribution < 1.29 is 4.79 Å². The van der Waals surface area contributed by atoms with Gasteiger partial charge in [0.05, 0.1) is 22.9 Å². The number of aromatic amines is 1. The quantitative estimate of drug-likeness (QED) is 0.209. The monoisotopic (exact) mass is 651 g/mol. The summed E-state index contributed by atoms with van der Waals surface area (Å²) >= 11 is 7.10. The van der Waals surface area contributed by atoms with E-state index in [1.165, 1.54) is 5.01 Å². The number of hydrogen-bond donors (Lipinski definition) is 1. The van der Waals surface area contributed by atoms with Gasteiger partial charge in [-0.3, -0.25) is 9.59 Å². The Balaban J connectivity index is 1.53. The second kappa shape index (κ2) is 11.2. The topological polar surface area (TPSA) is 65.5 Å². The maximum Gasteiger partial charge on any atom is 0.275 e. The fourth-order valence-electron chi connectivity index (χ4n) is 5.02. The van der Waals surface area contributed by atoms with Gasteiger partial charge < -0.3 is 4.98 Å². The van der Waals surface area contributed by atoms with Crippen molar-refractivity contribution in [3.8, 4) is 11.1 Å². The van der Waals surface area contributed by atoms with Crippen molar-refractivity contribution in [2.24, 2.45) is 5.10 Å². The summed E-state index contributed by atoms with van der Waals surface area (Å²) in [6.07, 6.45) is 4.36. The van der Waals surface area contributed by atoms with Crippen molar-refractivity contribution >= 4 is 60.5 Å². The number of nitrogens with one attached hydrogen (secondary N) is 1. The van der Waals surface area contributed by atoms with Crippen molar-refractivity contribution in [1.82, 2.24) is 9.99 Å². The van der Waals surface area contributed by atoms with Gasteiger partial charge in [-0.1, -0.05) is 101 Å². The van der Waals surface area contributed by atoms with Gasteiger partial charge in [-0.05, 0) is 57.4 Å². The van der Waals surface area contributed by atoms with Gasteiger partial charge in [0.1, 0.15) is 0 Å². The highest BCUT2D eigenvalue weighted by molar-refractivity contribution is 9.10. The molecule has 6 rings (SSSR count). The number of carbonyl (C=O) groups excluding carboxylic acids is 1. The maximum absolute atomic E-state index is 13.8. The number of benzene rings is 4. The number of fused-ring (bicyclic) bond motifs is 1. The molecule has 0 unspecified atom stereocenters. The molecule has 1 atom stereocenters. The number of H-pyrrole nitrogens is 1. The van der Waals surface area contributed by atoms with E-state index in [4.69, 9.17) is 5.10 Å². The number of halogens is 2. The van der Waals surface area contributed by atoms with Gasteiger partial charge in [-0.15, -0.1) is 0 Å². The molecule has 4 aromatic carbocycles. The smallest absolute Gasteiger partial charge is 0.275 e. The second-order valence-electron chi connectivity index (χ2n) is 9.48. The molecule has 7 heteroatoms. The molecule has 1 N–H and O–H groups in total. The molecule has 1 aliphatic rings. The Morgan fingerprint density at radius 1 is 0.875 bits per heavy atom. The van der Waals surface area contributed by atoms with E-state index in [1.807, 2.05) is 109 Å². The first-order valence-electron chi connectivity index (χ1n) is 12.8. The molecular weight excluding hydrogens is 630 g/mol. The standard InChI is InChI=1S/C33H23Br2N3O2/c34-23-16-18-28-26(19-23)30(22-11-5-2-6-12-22)31(32(39)36-28)29-20-24(17-15-21-9-3-1-4-10-21)38(37-29)33(40)25-13-7-8-14-27(25)35/h1-19,24H,20H2,(H,36,39)/b17-15+/t24-/m1/s1. The minimum atomic E-state index is -0.379. The molecule has 0 bridgehead atoms. The van der Waals surface area contributed by atoms with E-state index < -0.39 is 0 Å². The molecule has 0 aliphatic carbocycles. The highest BCUT2D eigenvalue weighted by atomic mass is 79.9. The first-order valence-corrected chi connectivity index (χ1v) is 14.4. The molecule has 0 fully saturated rings. The molecule has 0 radical (unpaired) electrons. The number of pyridine rings is 1. The van der Waals surface area contributed by atoms with Crippen LogP contribution in [0.1, 0.15) is 27.9 Å². The summed E-state index contributed by atoms with van der Waals surface area (Å²) < 4.78 is 1.59. The molecule has 0 spiro atoms. The van der Waals surface area contributed by atoms with Crippen LogP contribution in [0.15, 0.2) is 128 Å². The van der Waals surface area contributed by atoms with Crippen LogP contribution >= 0.6 is 31.9 Å². The Morgan fingerprint density at radius 2 is 1.57 bits per heavy atom. The molecule has 196 valence electrons. The van der Waals surface area contributed by atoms with Crippen LogP contribution in [-0.4, -0.2) is 27.7 Å². The second-order valence-corrected chi connectivity index (χ2v) is 11.2. The largest absolute Gasteiger partial charge is 0.321 e. The highest BCUT2D eigenvalue weighted by Crippen LogP contribution is 2.34. The molecule has 5 nitrogen and oxygen atoms in total. The van der Waals surface area contributed by atoms with Crippen LogP contribution in [0.2, 0.25) is 0 Å². The van der Waals surface area contributed by atoms with Gasteiger partial charge >= 0.3 is 0 Å². The molecule has 1 amide bonds. The van der Waals surface area contributed by atoms with Gasteiger partial charge in [-0.2, -0.15) is 5.10 Å². The van der Waals surface area contributed by atoms with Crippen LogP contribution in [0.5, 0.6) is 0 Å². The Kier molecular flexibility index (Phi) is 7.32. The zero-order valence-electron chi connectivity index (χ0n) is 21.2. The molecule has 0 saturated carbocycles. The molecule has 5 aromatic rings. The summed E-state index contributed by atoms with van der Waals surface area (Å²) in [5.41, 5.74) is 4.74. The van der Waals surface area contributed by atoms with Crippen molar-refractivity contribution in [2.45, 2.75) is 12.5 Å². The Hall–Kier alpha value is -4.07. The average Bonchev–Trinajstić information content (AvgIpc) is 3.40. The molecule has 1 aromatic heterocycles. The zero-order valence-corrected chi connectivity index (χ0v) is 24.4. The molecule has 2 heterocycles. The normalized spacial score (nSPS) is 15.1.